The molecule has 0 unspecified atom stereocenters. The van der Waals surface area contributed by atoms with E-state index in [2.05, 4.69) is 114 Å². The van der Waals surface area contributed by atoms with E-state index < -0.39 is 30.9 Å². The molecule has 0 spiro atoms. The van der Waals surface area contributed by atoms with Gasteiger partial charge in [-0.1, -0.05) is 62.3 Å². The van der Waals surface area contributed by atoms with Crippen LogP contribution in [0.4, 0.5) is 0 Å². The third kappa shape index (κ3) is 9.34. The summed E-state index contributed by atoms with van der Waals surface area (Å²) in [4.78, 5) is 11.4. The Bertz CT molecular complexity index is 881. The van der Waals surface area contributed by atoms with Gasteiger partial charge in [-0.2, -0.15) is 0 Å². The molecule has 0 fully saturated rings. The molecule has 0 bridgehead atoms. The smallest absolute Gasteiger partial charge is 0.303 e. The van der Waals surface area contributed by atoms with Gasteiger partial charge in [0.25, 0.3) is 8.32 Å². The van der Waals surface area contributed by atoms with Crippen molar-refractivity contribution in [3.63, 3.8) is 0 Å². The molecule has 1 aromatic rings. The van der Waals surface area contributed by atoms with E-state index in [0.29, 0.717) is 19.6 Å². The molecule has 214 valence electrons. The Hall–Kier alpha value is -0.939. The molecule has 0 aliphatic rings. The van der Waals surface area contributed by atoms with Gasteiger partial charge in [0.05, 0.1) is 13.2 Å². The molecule has 0 atom stereocenters. The molecule has 37 heavy (non-hydrogen) atoms. The summed E-state index contributed by atoms with van der Waals surface area (Å²) in [7, 11) is -6.19. The maximum Gasteiger partial charge on any atom is 0.303 e. The Morgan fingerprint density at radius 1 is 0.703 bits per heavy atom. The van der Waals surface area contributed by atoms with Gasteiger partial charge >= 0.3 is 5.97 Å². The zero-order chi connectivity index (χ0) is 29.3. The fraction of sp³-hybridized carbons (Fsp3) is 0.759. The van der Waals surface area contributed by atoms with Crippen LogP contribution in [0.25, 0.3) is 0 Å². The lowest BCUT2D eigenvalue weighted by Gasteiger charge is -2.40. The van der Waals surface area contributed by atoms with Gasteiger partial charge in [0.15, 0.2) is 16.6 Å². The van der Waals surface area contributed by atoms with Gasteiger partial charge in [0, 0.05) is 17.5 Å². The zero-order valence-electron chi connectivity index (χ0n) is 26.6. The van der Waals surface area contributed by atoms with E-state index in [9.17, 15) is 9.90 Å². The Labute approximate surface area is 231 Å². The summed E-state index contributed by atoms with van der Waals surface area (Å²) in [6.07, 6.45) is 0.559. The number of carboxylic acids is 1. The van der Waals surface area contributed by atoms with Gasteiger partial charge in [-0.3, -0.25) is 4.79 Å². The van der Waals surface area contributed by atoms with Crippen LogP contribution in [0, 0.1) is 0 Å². The number of carbonyl (C=O) groups is 1. The number of hydrogen-bond donors (Lipinski definition) is 1. The van der Waals surface area contributed by atoms with E-state index in [1.54, 1.807) is 0 Å². The Kier molecular flexibility index (Phi) is 10.7. The van der Waals surface area contributed by atoms with Crippen LogP contribution in [-0.4, -0.2) is 36.0 Å². The lowest BCUT2D eigenvalue weighted by atomic mass is 10.0. The number of carboxylic acid groups (broad SMARTS) is 1. The molecule has 0 saturated carbocycles. The van der Waals surface area contributed by atoms with Gasteiger partial charge in [0.2, 0.25) is 0 Å². The predicted molar refractivity (Wildman–Crippen MR) is 164 cm³/mol. The van der Waals surface area contributed by atoms with Crippen LogP contribution < -0.4 is 4.43 Å². The lowest BCUT2D eigenvalue weighted by molar-refractivity contribution is -0.136. The molecule has 0 radical (unpaired) electrons. The van der Waals surface area contributed by atoms with Crippen molar-refractivity contribution in [3.8, 4) is 5.75 Å². The van der Waals surface area contributed by atoms with Crippen molar-refractivity contribution in [2.75, 3.05) is 0 Å². The number of aliphatic carboxylic acids is 1. The minimum atomic E-state index is -2.17. The van der Waals surface area contributed by atoms with Gasteiger partial charge < -0.3 is 18.4 Å². The average Bonchev–Trinajstić information content (AvgIpc) is 2.67. The lowest BCUT2D eigenvalue weighted by Crippen LogP contribution is -2.45. The first-order valence-electron chi connectivity index (χ1n) is 13.6. The molecule has 0 aromatic heterocycles. The standard InChI is InChI=1S/C29H56O5Si3/c1-27(2,3)35(10,11)32-20-23-18-22(16-17-25(30)31)19-24(21-33-36(12,13)28(4,5)6)26(23)34-37(14,15)29(7,8)9/h18-19H,16-17,20-21H2,1-15H3,(H,30,31). The molecular formula is C29H56O5Si3. The van der Waals surface area contributed by atoms with Crippen LogP contribution in [0.5, 0.6) is 5.75 Å². The van der Waals surface area contributed by atoms with Crippen LogP contribution in [-0.2, 0) is 33.3 Å². The number of benzene rings is 1. The Morgan fingerprint density at radius 2 is 1.05 bits per heavy atom. The quantitative estimate of drug-likeness (QED) is 0.270. The average molecular weight is 569 g/mol. The molecule has 0 aliphatic heterocycles. The van der Waals surface area contributed by atoms with Crippen molar-refractivity contribution in [2.45, 2.75) is 143 Å². The van der Waals surface area contributed by atoms with Crippen LogP contribution in [0.15, 0.2) is 12.1 Å². The molecule has 1 rings (SSSR count). The normalized spacial score (nSPS) is 14.1. The predicted octanol–water partition coefficient (Wildman–Crippen LogP) is 9.13. The first-order valence-corrected chi connectivity index (χ1v) is 22.4. The molecule has 8 heteroatoms. The second kappa shape index (κ2) is 11.7. The summed E-state index contributed by atoms with van der Waals surface area (Å²) in [5.41, 5.74) is 3.00. The third-order valence-electron chi connectivity index (χ3n) is 8.88. The summed E-state index contributed by atoms with van der Waals surface area (Å²) in [6, 6.07) is 4.21. The molecule has 5 nitrogen and oxygen atoms in total. The topological polar surface area (TPSA) is 65.0 Å². The Balaban J connectivity index is 3.69. The summed E-state index contributed by atoms with van der Waals surface area (Å²) in [6.45, 7) is 34.7. The number of hydrogen-bond acceptors (Lipinski definition) is 4. The minimum absolute atomic E-state index is 0.0318. The van der Waals surface area contributed by atoms with Crippen molar-refractivity contribution in [2.24, 2.45) is 0 Å². The van der Waals surface area contributed by atoms with Crippen LogP contribution in [0.1, 0.15) is 85.4 Å². The van der Waals surface area contributed by atoms with E-state index in [1.807, 2.05) is 0 Å². The first kappa shape index (κ1) is 34.1. The molecule has 0 amide bonds. The summed E-state index contributed by atoms with van der Waals surface area (Å²) in [5, 5.41) is 9.56. The van der Waals surface area contributed by atoms with Crippen molar-refractivity contribution in [3.05, 3.63) is 28.8 Å². The number of aryl methyl sites for hydroxylation is 1. The fourth-order valence-corrected chi connectivity index (χ4v) is 5.90. The van der Waals surface area contributed by atoms with Gasteiger partial charge in [0.1, 0.15) is 5.75 Å². The highest BCUT2D eigenvalue weighted by Crippen LogP contribution is 2.43. The summed E-state index contributed by atoms with van der Waals surface area (Å²) >= 11 is 0. The zero-order valence-corrected chi connectivity index (χ0v) is 29.6. The second-order valence-electron chi connectivity index (χ2n) is 15.1. The van der Waals surface area contributed by atoms with Crippen molar-refractivity contribution in [1.29, 1.82) is 0 Å². The molecule has 1 N–H and O–H groups in total. The molecular weight excluding hydrogens is 513 g/mol. The van der Waals surface area contributed by atoms with Crippen molar-refractivity contribution < 1.29 is 23.2 Å². The van der Waals surface area contributed by atoms with E-state index in [4.69, 9.17) is 13.3 Å². The molecule has 0 saturated heterocycles. The maximum atomic E-state index is 11.4. The molecule has 0 aliphatic carbocycles. The monoisotopic (exact) mass is 568 g/mol. The van der Waals surface area contributed by atoms with Gasteiger partial charge in [-0.05, 0) is 78.5 Å². The van der Waals surface area contributed by atoms with E-state index in [1.165, 1.54) is 0 Å². The van der Waals surface area contributed by atoms with Crippen LogP contribution in [0.2, 0.25) is 54.4 Å². The summed E-state index contributed by atoms with van der Waals surface area (Å²) < 4.78 is 20.4. The fourth-order valence-electron chi connectivity index (χ4n) is 2.93. The van der Waals surface area contributed by atoms with Gasteiger partial charge in [-0.15, -0.1) is 0 Å². The minimum Gasteiger partial charge on any atom is -0.543 e. The van der Waals surface area contributed by atoms with Crippen molar-refractivity contribution in [1.82, 2.24) is 0 Å². The number of rotatable bonds is 11. The van der Waals surface area contributed by atoms with Gasteiger partial charge in [-0.25, -0.2) is 0 Å². The van der Waals surface area contributed by atoms with Crippen LogP contribution in [0.3, 0.4) is 0 Å². The second-order valence-corrected chi connectivity index (χ2v) is 29.4. The maximum absolute atomic E-state index is 11.4. The highest BCUT2D eigenvalue weighted by atomic mass is 28.4. The SMILES string of the molecule is CC(C)(C)[Si](C)(C)OCc1cc(CCC(=O)O)cc(CO[Si](C)(C)C(C)(C)C)c1O[Si](C)(C)C(C)(C)C. The first-order chi connectivity index (χ1) is 16.3. The van der Waals surface area contributed by atoms with Crippen molar-refractivity contribution >= 4 is 30.9 Å². The summed E-state index contributed by atoms with van der Waals surface area (Å²) in [5.74, 6) is 0.0860. The van der Waals surface area contributed by atoms with E-state index >= 15 is 0 Å². The molecule has 1 aromatic carbocycles. The molecule has 0 heterocycles. The largest absolute Gasteiger partial charge is 0.543 e. The van der Waals surface area contributed by atoms with Crippen LogP contribution >= 0.6 is 0 Å². The third-order valence-corrected chi connectivity index (χ3v) is 22.2. The van der Waals surface area contributed by atoms with E-state index in [-0.39, 0.29) is 21.5 Å². The van der Waals surface area contributed by atoms with E-state index in [0.717, 1.165) is 22.4 Å². The highest BCUT2D eigenvalue weighted by molar-refractivity contribution is 6.75. The highest BCUT2D eigenvalue weighted by Gasteiger charge is 2.42. The Morgan fingerprint density at radius 3 is 1.35 bits per heavy atom.